The fourth-order valence-corrected chi connectivity index (χ4v) is 2.07. The maximum atomic E-state index is 11.4. The van der Waals surface area contributed by atoms with Crippen LogP contribution in [0.1, 0.15) is 19.3 Å². The largest absolute Gasteiger partial charge is 0.315 e. The molecule has 2 atom stereocenters. The molecule has 10 heavy (non-hydrogen) atoms. The summed E-state index contributed by atoms with van der Waals surface area (Å²) < 4.78 is 0. The number of hydrogen-bond acceptors (Lipinski definition) is 2. The van der Waals surface area contributed by atoms with Gasteiger partial charge in [-0.05, 0) is 12.8 Å². The van der Waals surface area contributed by atoms with Gasteiger partial charge in [0.05, 0.1) is 0 Å². The van der Waals surface area contributed by atoms with Crippen molar-refractivity contribution in [2.75, 3.05) is 13.1 Å². The lowest BCUT2D eigenvalue weighted by Crippen LogP contribution is -2.46. The quantitative estimate of drug-likeness (QED) is 0.531. The lowest BCUT2D eigenvalue weighted by atomic mass is 9.77. The number of carbonyl (C=O) groups is 1. The summed E-state index contributed by atoms with van der Waals surface area (Å²) in [4.78, 5) is 11.4. The van der Waals surface area contributed by atoms with E-state index in [0.29, 0.717) is 17.6 Å². The Bertz CT molecular complexity index is 131. The molecule has 1 N–H and O–H groups in total. The number of nitrogens with one attached hydrogen (secondary N) is 1. The molecule has 2 bridgehead atoms. The number of carbonyl (C=O) groups excluding carboxylic acids is 1. The van der Waals surface area contributed by atoms with E-state index in [2.05, 4.69) is 5.32 Å². The van der Waals surface area contributed by atoms with Gasteiger partial charge in [0.1, 0.15) is 5.78 Å². The lowest BCUT2D eigenvalue weighted by molar-refractivity contribution is -0.130. The van der Waals surface area contributed by atoms with E-state index in [1.54, 1.807) is 0 Å². The molecular weight excluding hydrogens is 126 g/mol. The van der Waals surface area contributed by atoms with Crippen LogP contribution < -0.4 is 5.32 Å². The Kier molecular flexibility index (Phi) is 1.49. The Morgan fingerprint density at radius 3 is 2.30 bits per heavy atom. The number of rotatable bonds is 0. The van der Waals surface area contributed by atoms with Crippen molar-refractivity contribution in [2.45, 2.75) is 19.3 Å². The van der Waals surface area contributed by atoms with Crippen LogP contribution in [0.15, 0.2) is 0 Å². The molecule has 56 valence electrons. The monoisotopic (exact) mass is 139 g/mol. The van der Waals surface area contributed by atoms with Crippen molar-refractivity contribution in [3.8, 4) is 0 Å². The van der Waals surface area contributed by atoms with Crippen molar-refractivity contribution in [2.24, 2.45) is 11.8 Å². The van der Waals surface area contributed by atoms with E-state index in [4.69, 9.17) is 0 Å². The molecule has 0 radical (unpaired) electrons. The molecule has 0 aromatic carbocycles. The summed E-state index contributed by atoms with van der Waals surface area (Å²) in [6, 6.07) is 0. The fourth-order valence-electron chi connectivity index (χ4n) is 2.07. The first-order chi connectivity index (χ1) is 4.88. The number of ketones is 1. The molecular formula is C8H13NO. The van der Waals surface area contributed by atoms with E-state index in [1.807, 2.05) is 0 Å². The first-order valence-electron chi connectivity index (χ1n) is 4.12. The standard InChI is InChI=1S/C8H13NO/c10-8-6-2-1-3-7(8)5-9-4-6/h6-7,9H,1-5H2/t6-,7+. The number of hydrogen-bond donors (Lipinski definition) is 1. The molecule has 0 unspecified atom stereocenters. The normalized spacial score (nSPS) is 39.8. The van der Waals surface area contributed by atoms with Gasteiger partial charge >= 0.3 is 0 Å². The van der Waals surface area contributed by atoms with Crippen LogP contribution in [-0.2, 0) is 4.79 Å². The Morgan fingerprint density at radius 1 is 1.20 bits per heavy atom. The molecule has 0 amide bonds. The van der Waals surface area contributed by atoms with Crippen LogP contribution in [-0.4, -0.2) is 18.9 Å². The van der Waals surface area contributed by atoms with E-state index >= 15 is 0 Å². The summed E-state index contributed by atoms with van der Waals surface area (Å²) in [7, 11) is 0. The van der Waals surface area contributed by atoms with Gasteiger partial charge in [-0.25, -0.2) is 0 Å². The Hall–Kier alpha value is -0.370. The highest BCUT2D eigenvalue weighted by atomic mass is 16.1. The Balaban J connectivity index is 2.12. The van der Waals surface area contributed by atoms with Crippen LogP contribution in [0.5, 0.6) is 0 Å². The molecule has 1 saturated carbocycles. The van der Waals surface area contributed by atoms with Gasteiger partial charge in [0, 0.05) is 24.9 Å². The number of fused-ring (bicyclic) bond motifs is 2. The predicted molar refractivity (Wildman–Crippen MR) is 38.7 cm³/mol. The molecule has 0 aromatic rings. The molecule has 0 spiro atoms. The summed E-state index contributed by atoms with van der Waals surface area (Å²) >= 11 is 0. The highest BCUT2D eigenvalue weighted by Gasteiger charge is 2.33. The van der Waals surface area contributed by atoms with Crippen molar-refractivity contribution >= 4 is 5.78 Å². The topological polar surface area (TPSA) is 29.1 Å². The summed E-state index contributed by atoms with van der Waals surface area (Å²) in [6.07, 6.45) is 3.52. The van der Waals surface area contributed by atoms with Crippen molar-refractivity contribution in [1.82, 2.24) is 5.32 Å². The zero-order valence-corrected chi connectivity index (χ0v) is 6.10. The maximum Gasteiger partial charge on any atom is 0.141 e. The second kappa shape index (κ2) is 2.35. The highest BCUT2D eigenvalue weighted by molar-refractivity contribution is 5.85. The minimum Gasteiger partial charge on any atom is -0.315 e. The van der Waals surface area contributed by atoms with E-state index in [0.717, 1.165) is 25.9 Å². The molecule has 0 aromatic heterocycles. The third-order valence-electron chi connectivity index (χ3n) is 2.69. The van der Waals surface area contributed by atoms with E-state index < -0.39 is 0 Å². The molecule has 2 fully saturated rings. The Morgan fingerprint density at radius 2 is 1.80 bits per heavy atom. The van der Waals surface area contributed by atoms with E-state index in [-0.39, 0.29) is 0 Å². The van der Waals surface area contributed by atoms with Crippen LogP contribution in [0.4, 0.5) is 0 Å². The van der Waals surface area contributed by atoms with Gasteiger partial charge < -0.3 is 5.32 Å². The van der Waals surface area contributed by atoms with Crippen LogP contribution in [0.25, 0.3) is 0 Å². The van der Waals surface area contributed by atoms with Gasteiger partial charge in [0.15, 0.2) is 0 Å². The van der Waals surface area contributed by atoms with Gasteiger partial charge in [0.25, 0.3) is 0 Å². The molecule has 1 aliphatic heterocycles. The minimum atomic E-state index is 0.368. The van der Waals surface area contributed by atoms with Crippen molar-refractivity contribution < 1.29 is 4.79 Å². The Labute approximate surface area is 61.0 Å². The predicted octanol–water partition coefficient (Wildman–Crippen LogP) is 0.575. The van der Waals surface area contributed by atoms with Crippen LogP contribution in [0, 0.1) is 11.8 Å². The van der Waals surface area contributed by atoms with Gasteiger partial charge in [-0.3, -0.25) is 4.79 Å². The van der Waals surface area contributed by atoms with Crippen molar-refractivity contribution in [1.29, 1.82) is 0 Å². The van der Waals surface area contributed by atoms with E-state index in [1.165, 1.54) is 6.42 Å². The molecule has 1 saturated heterocycles. The first-order valence-corrected chi connectivity index (χ1v) is 4.12. The van der Waals surface area contributed by atoms with Crippen LogP contribution in [0.2, 0.25) is 0 Å². The SMILES string of the molecule is O=C1[C@@H]2CCC[C@H]1CNC2. The highest BCUT2D eigenvalue weighted by Crippen LogP contribution is 2.27. The zero-order chi connectivity index (χ0) is 6.97. The molecule has 2 heteroatoms. The van der Waals surface area contributed by atoms with Gasteiger partial charge in [-0.15, -0.1) is 0 Å². The fraction of sp³-hybridized carbons (Fsp3) is 0.875. The summed E-state index contributed by atoms with van der Waals surface area (Å²) in [6.45, 7) is 1.88. The second-order valence-electron chi connectivity index (χ2n) is 3.39. The number of piperidine rings is 1. The zero-order valence-electron chi connectivity index (χ0n) is 6.10. The molecule has 1 heterocycles. The van der Waals surface area contributed by atoms with Gasteiger partial charge in [-0.2, -0.15) is 0 Å². The third kappa shape index (κ3) is 0.870. The maximum absolute atomic E-state index is 11.4. The van der Waals surface area contributed by atoms with Crippen molar-refractivity contribution in [3.63, 3.8) is 0 Å². The molecule has 2 aliphatic rings. The molecule has 1 aliphatic carbocycles. The minimum absolute atomic E-state index is 0.368. The van der Waals surface area contributed by atoms with E-state index in [9.17, 15) is 4.79 Å². The molecule has 2 rings (SSSR count). The third-order valence-corrected chi connectivity index (χ3v) is 2.69. The number of Topliss-reactive ketones (excluding diaryl/α,β-unsaturated/α-hetero) is 1. The second-order valence-corrected chi connectivity index (χ2v) is 3.39. The van der Waals surface area contributed by atoms with Crippen molar-refractivity contribution in [3.05, 3.63) is 0 Å². The lowest BCUT2D eigenvalue weighted by Gasteiger charge is -2.33. The van der Waals surface area contributed by atoms with Gasteiger partial charge in [0.2, 0.25) is 0 Å². The summed E-state index contributed by atoms with van der Waals surface area (Å²) in [5.74, 6) is 1.27. The van der Waals surface area contributed by atoms with Crippen LogP contribution >= 0.6 is 0 Å². The summed E-state index contributed by atoms with van der Waals surface area (Å²) in [5, 5.41) is 3.30. The average Bonchev–Trinajstić information content (AvgIpc) is 1.86. The average molecular weight is 139 g/mol. The van der Waals surface area contributed by atoms with Crippen LogP contribution in [0.3, 0.4) is 0 Å². The van der Waals surface area contributed by atoms with Gasteiger partial charge in [-0.1, -0.05) is 6.42 Å². The molecule has 2 nitrogen and oxygen atoms in total. The summed E-state index contributed by atoms with van der Waals surface area (Å²) in [5.41, 5.74) is 0. The smallest absolute Gasteiger partial charge is 0.141 e. The first kappa shape index (κ1) is 6.35.